The molecule has 3 rings (SSSR count). The summed E-state index contributed by atoms with van der Waals surface area (Å²) in [6.45, 7) is 1.11. The molecule has 3 aromatic rings. The molecule has 134 valence electrons. The summed E-state index contributed by atoms with van der Waals surface area (Å²) < 4.78 is 8.08. The van der Waals surface area contributed by atoms with Crippen LogP contribution in [0.25, 0.3) is 0 Å². The Labute approximate surface area is 179 Å². The molecular formula is C20H15Br2Cl2NO. The number of nitrogens with one attached hydrogen (secondary N) is 1. The van der Waals surface area contributed by atoms with Gasteiger partial charge in [0.2, 0.25) is 0 Å². The minimum absolute atomic E-state index is 0.509. The summed E-state index contributed by atoms with van der Waals surface area (Å²) in [7, 11) is 0. The highest BCUT2D eigenvalue weighted by atomic mass is 79.9. The lowest BCUT2D eigenvalue weighted by Crippen LogP contribution is -2.04. The van der Waals surface area contributed by atoms with E-state index in [0.29, 0.717) is 23.2 Å². The van der Waals surface area contributed by atoms with Crippen molar-refractivity contribution in [1.29, 1.82) is 0 Å². The number of benzene rings is 3. The predicted molar refractivity (Wildman–Crippen MR) is 116 cm³/mol. The van der Waals surface area contributed by atoms with Crippen LogP contribution < -0.4 is 10.1 Å². The highest BCUT2D eigenvalue weighted by Gasteiger charge is 2.07. The monoisotopic (exact) mass is 513 g/mol. The molecule has 0 unspecified atom stereocenters. The number of rotatable bonds is 6. The number of hydrogen-bond donors (Lipinski definition) is 1. The minimum Gasteiger partial charge on any atom is -0.489 e. The molecule has 26 heavy (non-hydrogen) atoms. The average molecular weight is 516 g/mol. The molecule has 0 fully saturated rings. The van der Waals surface area contributed by atoms with Gasteiger partial charge in [-0.25, -0.2) is 0 Å². The zero-order chi connectivity index (χ0) is 18.5. The van der Waals surface area contributed by atoms with Gasteiger partial charge in [-0.05, 0) is 54.1 Å². The van der Waals surface area contributed by atoms with E-state index in [-0.39, 0.29) is 0 Å². The molecule has 1 N–H and O–H groups in total. The topological polar surface area (TPSA) is 21.3 Å². The van der Waals surface area contributed by atoms with Gasteiger partial charge < -0.3 is 10.1 Å². The van der Waals surface area contributed by atoms with Crippen LogP contribution in [0.5, 0.6) is 5.75 Å². The third kappa shape index (κ3) is 5.40. The van der Waals surface area contributed by atoms with Gasteiger partial charge in [-0.1, -0.05) is 67.2 Å². The highest BCUT2D eigenvalue weighted by molar-refractivity contribution is 9.10. The first-order valence-corrected chi connectivity index (χ1v) is 10.2. The van der Waals surface area contributed by atoms with Crippen LogP contribution in [-0.4, -0.2) is 0 Å². The average Bonchev–Trinajstić information content (AvgIpc) is 2.63. The second kappa shape index (κ2) is 9.14. The summed E-state index contributed by atoms with van der Waals surface area (Å²) in [5, 5.41) is 4.42. The molecule has 0 radical (unpaired) electrons. The van der Waals surface area contributed by atoms with Crippen LogP contribution in [0.4, 0.5) is 5.69 Å². The van der Waals surface area contributed by atoms with Gasteiger partial charge in [0.05, 0.1) is 10.0 Å². The van der Waals surface area contributed by atoms with E-state index in [4.69, 9.17) is 27.9 Å². The molecule has 0 heterocycles. The van der Waals surface area contributed by atoms with Crippen molar-refractivity contribution in [2.45, 2.75) is 13.2 Å². The number of anilines is 1. The Bertz CT molecular complexity index is 901. The van der Waals surface area contributed by atoms with E-state index >= 15 is 0 Å². The van der Waals surface area contributed by atoms with E-state index in [2.05, 4.69) is 37.2 Å². The van der Waals surface area contributed by atoms with E-state index in [0.717, 1.165) is 31.5 Å². The lowest BCUT2D eigenvalue weighted by molar-refractivity contribution is 0.303. The Balaban J connectivity index is 1.70. The standard InChI is InChI=1S/C20H15Br2Cl2NO/c21-15-3-1-13(2-4-15)12-26-20-8-5-16(22)9-14(20)11-25-17-6-7-18(23)19(24)10-17/h1-10,25H,11-12H2. The fraction of sp³-hybridized carbons (Fsp3) is 0.100. The second-order valence-electron chi connectivity index (χ2n) is 5.65. The van der Waals surface area contributed by atoms with Crippen molar-refractivity contribution in [2.24, 2.45) is 0 Å². The van der Waals surface area contributed by atoms with E-state index in [1.165, 1.54) is 0 Å². The van der Waals surface area contributed by atoms with Crippen molar-refractivity contribution in [3.8, 4) is 5.75 Å². The van der Waals surface area contributed by atoms with Crippen molar-refractivity contribution < 1.29 is 4.74 Å². The quantitative estimate of drug-likeness (QED) is 0.363. The van der Waals surface area contributed by atoms with Gasteiger partial charge in [-0.15, -0.1) is 0 Å². The smallest absolute Gasteiger partial charge is 0.124 e. The largest absolute Gasteiger partial charge is 0.489 e. The summed E-state index contributed by atoms with van der Waals surface area (Å²) >= 11 is 19.0. The molecular weight excluding hydrogens is 501 g/mol. The number of halogens is 4. The SMILES string of the molecule is Clc1ccc(NCc2cc(Br)ccc2OCc2ccc(Br)cc2)cc1Cl. The minimum atomic E-state index is 0.509. The zero-order valence-corrected chi connectivity index (χ0v) is 18.3. The molecule has 0 aliphatic rings. The highest BCUT2D eigenvalue weighted by Crippen LogP contribution is 2.28. The second-order valence-corrected chi connectivity index (χ2v) is 8.30. The molecule has 0 saturated carbocycles. The Hall–Kier alpha value is -1.20. The summed E-state index contributed by atoms with van der Waals surface area (Å²) in [5.41, 5.74) is 3.06. The molecule has 0 saturated heterocycles. The van der Waals surface area contributed by atoms with E-state index < -0.39 is 0 Å². The van der Waals surface area contributed by atoms with E-state index in [1.54, 1.807) is 6.07 Å². The number of ether oxygens (including phenoxy) is 1. The van der Waals surface area contributed by atoms with E-state index in [1.807, 2.05) is 54.6 Å². The normalized spacial score (nSPS) is 10.6. The molecule has 3 aromatic carbocycles. The Morgan fingerprint density at radius 2 is 1.54 bits per heavy atom. The fourth-order valence-corrected chi connectivity index (χ4v) is 3.34. The molecule has 0 aliphatic heterocycles. The lowest BCUT2D eigenvalue weighted by atomic mass is 10.2. The molecule has 0 spiro atoms. The van der Waals surface area contributed by atoms with E-state index in [9.17, 15) is 0 Å². The molecule has 0 amide bonds. The molecule has 6 heteroatoms. The Kier molecular flexibility index (Phi) is 6.87. The van der Waals surface area contributed by atoms with Gasteiger partial charge >= 0.3 is 0 Å². The molecule has 0 atom stereocenters. The maximum atomic E-state index is 6.07. The van der Waals surface area contributed by atoms with Gasteiger partial charge in [0.25, 0.3) is 0 Å². The van der Waals surface area contributed by atoms with Crippen LogP contribution in [0, 0.1) is 0 Å². The van der Waals surface area contributed by atoms with Crippen molar-refractivity contribution in [2.75, 3.05) is 5.32 Å². The van der Waals surface area contributed by atoms with Crippen molar-refractivity contribution in [3.63, 3.8) is 0 Å². The van der Waals surface area contributed by atoms with Crippen molar-refractivity contribution in [1.82, 2.24) is 0 Å². The van der Waals surface area contributed by atoms with Crippen LogP contribution in [0.15, 0.2) is 69.6 Å². The molecule has 2 nitrogen and oxygen atoms in total. The van der Waals surface area contributed by atoms with Gasteiger partial charge in [0, 0.05) is 26.7 Å². The summed E-state index contributed by atoms with van der Waals surface area (Å²) in [5.74, 6) is 0.837. The maximum Gasteiger partial charge on any atom is 0.124 e. The third-order valence-electron chi connectivity index (χ3n) is 3.73. The number of hydrogen-bond acceptors (Lipinski definition) is 2. The van der Waals surface area contributed by atoms with Gasteiger partial charge in [-0.2, -0.15) is 0 Å². The molecule has 0 bridgehead atoms. The predicted octanol–water partition coefficient (Wildman–Crippen LogP) is 7.71. The first kappa shape index (κ1) is 19.6. The van der Waals surface area contributed by atoms with Crippen LogP contribution in [-0.2, 0) is 13.2 Å². The van der Waals surface area contributed by atoms with Crippen LogP contribution >= 0.6 is 55.1 Å². The van der Waals surface area contributed by atoms with Crippen molar-refractivity contribution in [3.05, 3.63) is 90.8 Å². The molecule has 0 aliphatic carbocycles. The summed E-state index contributed by atoms with van der Waals surface area (Å²) in [6, 6.07) is 19.6. The van der Waals surface area contributed by atoms with Gasteiger partial charge in [0.1, 0.15) is 12.4 Å². The lowest BCUT2D eigenvalue weighted by Gasteiger charge is -2.14. The zero-order valence-electron chi connectivity index (χ0n) is 13.6. The van der Waals surface area contributed by atoms with Crippen LogP contribution in [0.2, 0.25) is 10.0 Å². The summed E-state index contributed by atoms with van der Waals surface area (Å²) in [4.78, 5) is 0. The maximum absolute atomic E-state index is 6.07. The third-order valence-corrected chi connectivity index (χ3v) is 5.49. The van der Waals surface area contributed by atoms with Crippen LogP contribution in [0.1, 0.15) is 11.1 Å². The van der Waals surface area contributed by atoms with Crippen molar-refractivity contribution >= 4 is 60.7 Å². The summed E-state index contributed by atoms with van der Waals surface area (Å²) in [6.07, 6.45) is 0. The Morgan fingerprint density at radius 1 is 0.808 bits per heavy atom. The van der Waals surface area contributed by atoms with Gasteiger partial charge in [-0.3, -0.25) is 0 Å². The Morgan fingerprint density at radius 3 is 2.27 bits per heavy atom. The fourth-order valence-electron chi connectivity index (χ4n) is 2.37. The first-order valence-electron chi connectivity index (χ1n) is 7.86. The first-order chi connectivity index (χ1) is 12.5. The molecule has 0 aromatic heterocycles. The van der Waals surface area contributed by atoms with Crippen LogP contribution in [0.3, 0.4) is 0 Å². The van der Waals surface area contributed by atoms with Gasteiger partial charge in [0.15, 0.2) is 0 Å².